The first-order valence-electron chi connectivity index (χ1n) is 4.97. The summed E-state index contributed by atoms with van der Waals surface area (Å²) in [5.74, 6) is 0.958. The van der Waals surface area contributed by atoms with Crippen LogP contribution in [-0.2, 0) is 4.74 Å². The van der Waals surface area contributed by atoms with E-state index in [-0.39, 0.29) is 1.43 Å². The predicted octanol–water partition coefficient (Wildman–Crippen LogP) is 3.29. The van der Waals surface area contributed by atoms with Gasteiger partial charge in [0.2, 0.25) is 0 Å². The lowest BCUT2D eigenvalue weighted by atomic mass is 10.1. The number of nitrogens with zero attached hydrogens (tertiary/aromatic N) is 1. The third-order valence-corrected chi connectivity index (χ3v) is 2.82. The van der Waals surface area contributed by atoms with Crippen LogP contribution in [0.4, 0.5) is 10.6 Å². The summed E-state index contributed by atoms with van der Waals surface area (Å²) in [6.07, 6.45) is 0.573. The summed E-state index contributed by atoms with van der Waals surface area (Å²) in [6.45, 7) is 6.45. The zero-order valence-electron chi connectivity index (χ0n) is 9.24. The second-order valence-corrected chi connectivity index (χ2v) is 4.55. The molecule has 15 heavy (non-hydrogen) atoms. The average molecular weight is 230 g/mol. The number of amides is 1. The first-order valence-corrected chi connectivity index (χ1v) is 5.85. The van der Waals surface area contributed by atoms with Gasteiger partial charge in [0.15, 0.2) is 0 Å². The fourth-order valence-electron chi connectivity index (χ4n) is 0.897. The van der Waals surface area contributed by atoms with Crippen molar-refractivity contribution in [3.05, 3.63) is 10.4 Å². The molecule has 1 amide bonds. The summed E-state index contributed by atoms with van der Waals surface area (Å²) in [6, 6.07) is 0. The fraction of sp³-hybridized carbons (Fsp3) is 0.600. The molecule has 0 radical (unpaired) electrons. The Labute approximate surface area is 95.2 Å². The Morgan fingerprint density at radius 2 is 2.53 bits per heavy atom. The molecule has 0 saturated heterocycles. The molecule has 0 aliphatic rings. The van der Waals surface area contributed by atoms with E-state index < -0.39 is 6.09 Å². The fourth-order valence-corrected chi connectivity index (χ4v) is 1.44. The highest BCUT2D eigenvalue weighted by atomic mass is 32.1. The zero-order valence-corrected chi connectivity index (χ0v) is 10.1. The Hall–Kier alpha value is -1.10. The van der Waals surface area contributed by atoms with Crippen LogP contribution >= 0.6 is 11.3 Å². The molecule has 1 aromatic rings. The van der Waals surface area contributed by atoms with Crippen LogP contribution in [0.15, 0.2) is 5.38 Å². The van der Waals surface area contributed by atoms with Crippen molar-refractivity contribution in [2.24, 2.45) is 5.92 Å². The summed E-state index contributed by atoms with van der Waals surface area (Å²) in [5.41, 5.74) is 0. The molecular weight excluding hydrogens is 212 g/mol. The van der Waals surface area contributed by atoms with Crippen LogP contribution in [0.1, 0.15) is 26.7 Å². The lowest BCUT2D eigenvalue weighted by Crippen LogP contribution is -2.17. The van der Waals surface area contributed by atoms with E-state index in [9.17, 15) is 4.79 Å². The molecule has 0 unspecified atom stereocenters. The van der Waals surface area contributed by atoms with Gasteiger partial charge in [-0.15, -0.1) is 11.3 Å². The van der Waals surface area contributed by atoms with Crippen molar-refractivity contribution in [3.63, 3.8) is 0 Å². The minimum atomic E-state index is -0.430. The average Bonchev–Trinajstić information content (AvgIpc) is 2.60. The minimum absolute atomic E-state index is 0. The topological polar surface area (TPSA) is 51.2 Å². The molecule has 5 heteroatoms. The molecule has 1 rings (SSSR count). The van der Waals surface area contributed by atoms with Crippen LogP contribution in [0, 0.1) is 12.8 Å². The minimum Gasteiger partial charge on any atom is -0.449 e. The molecule has 0 spiro atoms. The number of ether oxygens (including phenoxy) is 1. The van der Waals surface area contributed by atoms with E-state index in [1.54, 1.807) is 5.38 Å². The first-order chi connectivity index (χ1) is 7.11. The van der Waals surface area contributed by atoms with Crippen molar-refractivity contribution in [3.8, 4) is 0 Å². The van der Waals surface area contributed by atoms with E-state index in [0.717, 1.165) is 11.4 Å². The molecule has 86 valence electrons. The monoisotopic (exact) mass is 230 g/mol. The summed E-state index contributed by atoms with van der Waals surface area (Å²) in [4.78, 5) is 15.4. The normalized spacial score (nSPS) is 12.2. The summed E-state index contributed by atoms with van der Waals surface area (Å²) in [7, 11) is 0. The van der Waals surface area contributed by atoms with Gasteiger partial charge in [0.05, 0.1) is 11.6 Å². The van der Waals surface area contributed by atoms with Gasteiger partial charge in [0.1, 0.15) is 5.82 Å². The SMILES string of the molecule is CC[C@@H](C)COC(=O)Nc1csc(C)n1.[HH]. The predicted molar refractivity (Wildman–Crippen MR) is 63.4 cm³/mol. The van der Waals surface area contributed by atoms with Crippen molar-refractivity contribution in [2.45, 2.75) is 27.2 Å². The van der Waals surface area contributed by atoms with Gasteiger partial charge in [-0.3, -0.25) is 5.32 Å². The van der Waals surface area contributed by atoms with Gasteiger partial charge >= 0.3 is 6.09 Å². The number of nitrogens with one attached hydrogen (secondary N) is 1. The van der Waals surface area contributed by atoms with E-state index in [4.69, 9.17) is 4.74 Å². The number of thiazole rings is 1. The number of carbonyl (C=O) groups is 1. The van der Waals surface area contributed by atoms with Crippen LogP contribution in [0.3, 0.4) is 0 Å². The number of carbonyl (C=O) groups excluding carboxylic acids is 1. The van der Waals surface area contributed by atoms with Gasteiger partial charge in [-0.2, -0.15) is 0 Å². The standard InChI is InChI=1S/C10H16N2O2S.H2/c1-4-7(2)5-14-10(13)12-9-6-15-8(3)11-9;/h6-7H,4-5H2,1-3H3,(H,12,13);1H/t7-;/m1./s1. The Balaban J connectivity index is 0.00000225. The molecule has 1 aromatic heterocycles. The lowest BCUT2D eigenvalue weighted by Gasteiger charge is -2.09. The third-order valence-electron chi connectivity index (χ3n) is 2.05. The van der Waals surface area contributed by atoms with Gasteiger partial charge in [-0.25, -0.2) is 9.78 Å². The number of hydrogen-bond acceptors (Lipinski definition) is 4. The number of aryl methyl sites for hydroxylation is 1. The second kappa shape index (κ2) is 5.70. The molecule has 1 N–H and O–H groups in total. The summed E-state index contributed by atoms with van der Waals surface area (Å²) >= 11 is 1.49. The maximum Gasteiger partial charge on any atom is 0.412 e. The van der Waals surface area contributed by atoms with E-state index in [1.807, 2.05) is 13.8 Å². The molecule has 0 fully saturated rings. The smallest absolute Gasteiger partial charge is 0.412 e. The molecular formula is C10H18N2O2S. The largest absolute Gasteiger partial charge is 0.449 e. The van der Waals surface area contributed by atoms with Gasteiger partial charge in [0.25, 0.3) is 0 Å². The molecule has 4 nitrogen and oxygen atoms in total. The zero-order chi connectivity index (χ0) is 11.3. The van der Waals surface area contributed by atoms with Crippen LogP contribution in [0.2, 0.25) is 0 Å². The summed E-state index contributed by atoms with van der Waals surface area (Å²) < 4.78 is 5.02. The molecule has 0 aromatic carbocycles. The molecule has 1 atom stereocenters. The molecule has 0 aliphatic carbocycles. The lowest BCUT2D eigenvalue weighted by molar-refractivity contribution is 0.143. The van der Waals surface area contributed by atoms with Crippen LogP contribution in [-0.4, -0.2) is 17.7 Å². The number of anilines is 1. The quantitative estimate of drug-likeness (QED) is 0.863. The first kappa shape index (κ1) is 12.0. The van der Waals surface area contributed by atoms with Crippen molar-refractivity contribution in [1.82, 2.24) is 4.98 Å². The highest BCUT2D eigenvalue weighted by Gasteiger charge is 2.07. The van der Waals surface area contributed by atoms with Gasteiger partial charge in [0, 0.05) is 6.81 Å². The van der Waals surface area contributed by atoms with Crippen LogP contribution in [0.5, 0.6) is 0 Å². The van der Waals surface area contributed by atoms with Crippen LogP contribution < -0.4 is 5.32 Å². The highest BCUT2D eigenvalue weighted by Crippen LogP contribution is 2.12. The molecule has 1 heterocycles. The molecule has 0 saturated carbocycles. The van der Waals surface area contributed by atoms with Gasteiger partial charge in [-0.05, 0) is 12.8 Å². The number of aromatic nitrogens is 1. The Bertz CT molecular complexity index is 330. The van der Waals surface area contributed by atoms with Crippen molar-refractivity contribution in [2.75, 3.05) is 11.9 Å². The van der Waals surface area contributed by atoms with Crippen LogP contribution in [0.25, 0.3) is 0 Å². The summed E-state index contributed by atoms with van der Waals surface area (Å²) in [5, 5.41) is 5.30. The number of rotatable bonds is 4. The van der Waals surface area contributed by atoms with Gasteiger partial charge in [-0.1, -0.05) is 20.3 Å². The van der Waals surface area contributed by atoms with E-state index in [1.165, 1.54) is 11.3 Å². The molecule has 0 aliphatic heterocycles. The van der Waals surface area contributed by atoms with E-state index in [2.05, 4.69) is 17.2 Å². The Morgan fingerprint density at radius 3 is 3.07 bits per heavy atom. The van der Waals surface area contributed by atoms with Gasteiger partial charge < -0.3 is 4.74 Å². The number of hydrogen-bond donors (Lipinski definition) is 1. The maximum absolute atomic E-state index is 11.3. The second-order valence-electron chi connectivity index (χ2n) is 3.49. The van der Waals surface area contributed by atoms with E-state index >= 15 is 0 Å². The third kappa shape index (κ3) is 4.29. The molecule has 0 bridgehead atoms. The van der Waals surface area contributed by atoms with E-state index in [0.29, 0.717) is 18.3 Å². The Morgan fingerprint density at radius 1 is 1.80 bits per heavy atom. The maximum atomic E-state index is 11.3. The highest BCUT2D eigenvalue weighted by molar-refractivity contribution is 7.09. The van der Waals surface area contributed by atoms with Crippen molar-refractivity contribution in [1.29, 1.82) is 0 Å². The van der Waals surface area contributed by atoms with Crippen molar-refractivity contribution >= 4 is 23.2 Å². The van der Waals surface area contributed by atoms with Crippen molar-refractivity contribution < 1.29 is 11.0 Å². The Kier molecular flexibility index (Phi) is 4.55.